The largest absolute Gasteiger partial charge is 0.307 e. The highest BCUT2D eigenvalue weighted by molar-refractivity contribution is 7.16. The topological polar surface area (TPSA) is 52.0 Å². The number of hydrogen-bond donors (Lipinski definition) is 0. The Bertz CT molecular complexity index is 1040. The Labute approximate surface area is 143 Å². The molecule has 2 heterocycles. The zero-order chi connectivity index (χ0) is 17.1. The van der Waals surface area contributed by atoms with Crippen LogP contribution in [0.1, 0.15) is 36.3 Å². The van der Waals surface area contributed by atoms with Crippen LogP contribution in [0.4, 0.5) is 0 Å². The van der Waals surface area contributed by atoms with Gasteiger partial charge in [0.05, 0.1) is 21.6 Å². The minimum absolute atomic E-state index is 0.0351. The first-order chi connectivity index (χ1) is 11.3. The first-order valence-corrected chi connectivity index (χ1v) is 8.79. The van der Waals surface area contributed by atoms with Crippen molar-refractivity contribution in [2.45, 2.75) is 26.7 Å². The van der Waals surface area contributed by atoms with E-state index < -0.39 is 0 Å². The number of carbonyl (C=O) groups excluding carboxylic acids is 1. The Kier molecular flexibility index (Phi) is 3.25. The highest BCUT2D eigenvalue weighted by Gasteiger charge is 2.31. The van der Waals surface area contributed by atoms with E-state index in [0.29, 0.717) is 6.42 Å². The average Bonchev–Trinajstić information content (AvgIpc) is 2.80. The van der Waals surface area contributed by atoms with Crippen LogP contribution in [0, 0.1) is 5.41 Å². The molecule has 0 saturated heterocycles. The van der Waals surface area contributed by atoms with E-state index in [1.54, 1.807) is 11.6 Å². The normalized spacial score (nSPS) is 16.4. The quantitative estimate of drug-likeness (QED) is 0.678. The summed E-state index contributed by atoms with van der Waals surface area (Å²) in [5.41, 5.74) is 4.35. The summed E-state index contributed by atoms with van der Waals surface area (Å²) >= 11 is 1.24. The average molecular weight is 338 g/mol. The third-order valence-electron chi connectivity index (χ3n) is 4.65. The number of hydrogen-bond acceptors (Lipinski definition) is 4. The van der Waals surface area contributed by atoms with Gasteiger partial charge in [-0.2, -0.15) is 0 Å². The number of rotatable bonds is 1. The predicted molar refractivity (Wildman–Crippen MR) is 96.7 cm³/mol. The number of benzene rings is 1. The molecule has 0 aliphatic heterocycles. The van der Waals surface area contributed by atoms with Crippen molar-refractivity contribution in [1.82, 2.24) is 9.55 Å². The summed E-state index contributed by atoms with van der Waals surface area (Å²) in [6.45, 7) is 4.21. The lowest BCUT2D eigenvalue weighted by molar-refractivity contribution is 0.0910. The minimum Gasteiger partial charge on any atom is -0.302 e. The predicted octanol–water partition coefficient (Wildman–Crippen LogP) is 3.82. The van der Waals surface area contributed by atoms with Crippen LogP contribution >= 0.6 is 11.3 Å². The Morgan fingerprint density at radius 1 is 1.12 bits per heavy atom. The number of pyridine rings is 1. The molecule has 0 fully saturated rings. The lowest BCUT2D eigenvalue weighted by atomic mass is 9.75. The second kappa shape index (κ2) is 5.11. The smallest absolute Gasteiger partial charge is 0.302 e. The van der Waals surface area contributed by atoms with Gasteiger partial charge in [-0.25, -0.2) is 0 Å². The lowest BCUT2D eigenvalue weighted by Crippen LogP contribution is -2.27. The van der Waals surface area contributed by atoms with Crippen LogP contribution in [0.5, 0.6) is 0 Å². The zero-order valence-corrected chi connectivity index (χ0v) is 14.7. The van der Waals surface area contributed by atoms with E-state index in [2.05, 4.69) is 13.8 Å². The van der Waals surface area contributed by atoms with Gasteiger partial charge in [0, 0.05) is 24.6 Å². The molecule has 0 spiro atoms. The molecule has 122 valence electrons. The number of nitrogens with zero attached hydrogens (tertiary/aromatic N) is 2. The van der Waals surface area contributed by atoms with Crippen LogP contribution in [0.2, 0.25) is 0 Å². The van der Waals surface area contributed by atoms with Crippen LogP contribution in [0.3, 0.4) is 0 Å². The summed E-state index contributed by atoms with van der Waals surface area (Å²) in [6, 6.07) is 9.75. The maximum Gasteiger partial charge on any atom is 0.307 e. The molecule has 3 aromatic rings. The fourth-order valence-electron chi connectivity index (χ4n) is 3.39. The number of thiazole rings is 1. The van der Waals surface area contributed by atoms with Gasteiger partial charge in [-0.15, -0.1) is 0 Å². The molecule has 2 aromatic heterocycles. The molecule has 1 aliphatic carbocycles. The van der Waals surface area contributed by atoms with E-state index in [1.807, 2.05) is 30.3 Å². The van der Waals surface area contributed by atoms with Crippen molar-refractivity contribution < 1.29 is 4.79 Å². The number of Topliss-reactive ketones (excluding diaryl/α,β-unsaturated/α-hetero) is 1. The first kappa shape index (κ1) is 15.3. The molecule has 0 saturated carbocycles. The summed E-state index contributed by atoms with van der Waals surface area (Å²) in [6.07, 6.45) is 1.38. The van der Waals surface area contributed by atoms with Crippen molar-refractivity contribution in [3.8, 4) is 11.3 Å². The Morgan fingerprint density at radius 3 is 2.71 bits per heavy atom. The Balaban J connectivity index is 1.83. The molecule has 0 bridgehead atoms. The number of aryl methyl sites for hydroxylation is 1. The number of fused-ring (bicyclic) bond motifs is 2. The number of carbonyl (C=O) groups is 1. The van der Waals surface area contributed by atoms with Gasteiger partial charge in [-0.1, -0.05) is 31.3 Å². The van der Waals surface area contributed by atoms with Gasteiger partial charge >= 0.3 is 4.87 Å². The third kappa shape index (κ3) is 2.40. The van der Waals surface area contributed by atoms with E-state index >= 15 is 0 Å². The summed E-state index contributed by atoms with van der Waals surface area (Å²) in [5.74, 6) is 0.178. The fourth-order valence-corrected chi connectivity index (χ4v) is 4.31. The maximum absolute atomic E-state index is 12.3. The monoisotopic (exact) mass is 338 g/mol. The van der Waals surface area contributed by atoms with Gasteiger partial charge in [0.2, 0.25) is 0 Å². The summed E-state index contributed by atoms with van der Waals surface area (Å²) in [5, 5.41) is 0. The van der Waals surface area contributed by atoms with Gasteiger partial charge in [-0.3, -0.25) is 14.6 Å². The van der Waals surface area contributed by atoms with Crippen LogP contribution in [0.25, 0.3) is 21.5 Å². The van der Waals surface area contributed by atoms with E-state index in [1.165, 1.54) is 11.3 Å². The van der Waals surface area contributed by atoms with E-state index in [4.69, 9.17) is 4.98 Å². The van der Waals surface area contributed by atoms with Gasteiger partial charge in [0.15, 0.2) is 5.78 Å². The van der Waals surface area contributed by atoms with Crippen LogP contribution < -0.4 is 4.87 Å². The maximum atomic E-state index is 12.3. The first-order valence-electron chi connectivity index (χ1n) is 7.97. The van der Waals surface area contributed by atoms with Crippen molar-refractivity contribution in [3.05, 3.63) is 51.3 Å². The molecule has 0 N–H and O–H groups in total. The molecule has 24 heavy (non-hydrogen) atoms. The van der Waals surface area contributed by atoms with Crippen molar-refractivity contribution in [1.29, 1.82) is 0 Å². The molecule has 0 radical (unpaired) electrons. The number of ketones is 1. The molecule has 4 rings (SSSR count). The molecule has 0 unspecified atom stereocenters. The number of aromatic nitrogens is 2. The van der Waals surface area contributed by atoms with Crippen LogP contribution in [-0.2, 0) is 13.5 Å². The lowest BCUT2D eigenvalue weighted by Gasteiger charge is -2.29. The van der Waals surface area contributed by atoms with Crippen LogP contribution in [0.15, 0.2) is 35.1 Å². The van der Waals surface area contributed by atoms with Gasteiger partial charge in [0.1, 0.15) is 0 Å². The minimum atomic E-state index is -0.0430. The fraction of sp³-hybridized carbons (Fsp3) is 0.316. The second-order valence-electron chi connectivity index (χ2n) is 7.24. The second-order valence-corrected chi connectivity index (χ2v) is 8.23. The third-order valence-corrected chi connectivity index (χ3v) is 5.64. The summed E-state index contributed by atoms with van der Waals surface area (Å²) < 4.78 is 2.61. The standard InChI is InChI=1S/C19H18N2O2S/c1-19(2)9-14-12(16(22)10-19)5-6-13(20-14)11-4-7-15-17(8-11)24-18(23)21(15)3/h4-8H,9-10H2,1-3H3. The van der Waals surface area contributed by atoms with Crippen molar-refractivity contribution in [3.63, 3.8) is 0 Å². The van der Waals surface area contributed by atoms with Crippen molar-refractivity contribution >= 4 is 27.3 Å². The highest BCUT2D eigenvalue weighted by atomic mass is 32.1. The van der Waals surface area contributed by atoms with Gasteiger partial charge in [-0.05, 0) is 36.1 Å². The zero-order valence-electron chi connectivity index (χ0n) is 13.9. The molecule has 1 aromatic carbocycles. The van der Waals surface area contributed by atoms with E-state index in [9.17, 15) is 9.59 Å². The van der Waals surface area contributed by atoms with Gasteiger partial charge in [0.25, 0.3) is 0 Å². The van der Waals surface area contributed by atoms with E-state index in [-0.39, 0.29) is 16.1 Å². The van der Waals surface area contributed by atoms with Crippen LogP contribution in [-0.4, -0.2) is 15.3 Å². The Morgan fingerprint density at radius 2 is 1.92 bits per heavy atom. The molecule has 1 aliphatic rings. The summed E-state index contributed by atoms with van der Waals surface area (Å²) in [7, 11) is 1.78. The molecular formula is C19H18N2O2S. The molecular weight excluding hydrogens is 320 g/mol. The SMILES string of the molecule is Cn1c(=O)sc2cc(-c3ccc4c(n3)CC(C)(C)CC4=O)ccc21. The van der Waals surface area contributed by atoms with Crippen molar-refractivity contribution in [2.24, 2.45) is 12.5 Å². The molecule has 4 nitrogen and oxygen atoms in total. The molecule has 0 atom stereocenters. The molecule has 5 heteroatoms. The molecule has 0 amide bonds. The Hall–Kier alpha value is -2.27. The highest BCUT2D eigenvalue weighted by Crippen LogP contribution is 2.35. The van der Waals surface area contributed by atoms with Crippen molar-refractivity contribution in [2.75, 3.05) is 0 Å². The van der Waals surface area contributed by atoms with Gasteiger partial charge < -0.3 is 4.57 Å². The summed E-state index contributed by atoms with van der Waals surface area (Å²) in [4.78, 5) is 28.9. The van der Waals surface area contributed by atoms with E-state index in [0.717, 1.165) is 39.2 Å².